The highest BCUT2D eigenvalue weighted by atomic mass is 32.2. The molecule has 0 unspecified atom stereocenters. The zero-order chi connectivity index (χ0) is 15.2. The molecule has 5 nitrogen and oxygen atoms in total. The quantitative estimate of drug-likeness (QED) is 0.827. The first kappa shape index (κ1) is 16.1. The summed E-state index contributed by atoms with van der Waals surface area (Å²) in [4.78, 5) is -0.172. The Kier molecular flexibility index (Phi) is 5.66. The molecule has 1 aromatic rings. The molecule has 106 valence electrons. The van der Waals surface area contributed by atoms with Gasteiger partial charge in [-0.15, -0.1) is 0 Å². The zero-order valence-corrected chi connectivity index (χ0v) is 11.7. The van der Waals surface area contributed by atoms with Gasteiger partial charge >= 0.3 is 0 Å². The standard InChI is InChI=1S/C13H14FN3O2S/c1-17(9-3-8-16)20(18,19)12-6-5-11(4-2-7-15)13(14)10-12/h5-6,10H,3,7,9,15H2,1H3. The molecule has 0 aliphatic rings. The van der Waals surface area contributed by atoms with Crippen LogP contribution in [0.5, 0.6) is 0 Å². The van der Waals surface area contributed by atoms with Crippen LogP contribution < -0.4 is 5.73 Å². The third-order valence-corrected chi connectivity index (χ3v) is 4.37. The summed E-state index contributed by atoms with van der Waals surface area (Å²) in [7, 11) is -2.46. The monoisotopic (exact) mass is 295 g/mol. The molecule has 0 amide bonds. The first-order chi connectivity index (χ1) is 9.43. The Morgan fingerprint density at radius 3 is 2.70 bits per heavy atom. The van der Waals surface area contributed by atoms with E-state index >= 15 is 0 Å². The van der Waals surface area contributed by atoms with Crippen molar-refractivity contribution < 1.29 is 12.8 Å². The Bertz CT molecular complexity index is 684. The van der Waals surface area contributed by atoms with Crippen molar-refractivity contribution in [3.63, 3.8) is 0 Å². The van der Waals surface area contributed by atoms with Gasteiger partial charge in [-0.25, -0.2) is 12.8 Å². The second-order valence-corrected chi connectivity index (χ2v) is 5.93. The molecule has 0 saturated heterocycles. The van der Waals surface area contributed by atoms with Crippen molar-refractivity contribution in [2.24, 2.45) is 5.73 Å². The number of nitrogens with zero attached hydrogens (tertiary/aromatic N) is 2. The molecule has 7 heteroatoms. The minimum Gasteiger partial charge on any atom is -0.320 e. The highest BCUT2D eigenvalue weighted by molar-refractivity contribution is 7.89. The van der Waals surface area contributed by atoms with E-state index in [1.54, 1.807) is 0 Å². The van der Waals surface area contributed by atoms with Crippen LogP contribution in [0.25, 0.3) is 0 Å². The SMILES string of the molecule is CN(CCC#N)S(=O)(=O)c1ccc(C#CCN)c(F)c1. The fourth-order valence-electron chi connectivity index (χ4n) is 1.41. The summed E-state index contributed by atoms with van der Waals surface area (Å²) in [5, 5.41) is 8.46. The van der Waals surface area contributed by atoms with Gasteiger partial charge < -0.3 is 5.73 Å². The number of nitriles is 1. The van der Waals surface area contributed by atoms with E-state index in [0.717, 1.165) is 10.4 Å². The van der Waals surface area contributed by atoms with Crippen molar-refractivity contribution in [2.75, 3.05) is 20.1 Å². The van der Waals surface area contributed by atoms with E-state index in [1.165, 1.54) is 19.2 Å². The molecule has 0 radical (unpaired) electrons. The van der Waals surface area contributed by atoms with Crippen LogP contribution >= 0.6 is 0 Å². The summed E-state index contributed by atoms with van der Waals surface area (Å²) < 4.78 is 39.0. The molecule has 0 aliphatic carbocycles. The van der Waals surface area contributed by atoms with Gasteiger partial charge in [-0.2, -0.15) is 9.57 Å². The van der Waals surface area contributed by atoms with Crippen LogP contribution in [-0.4, -0.2) is 32.9 Å². The number of nitrogens with two attached hydrogens (primary N) is 1. The lowest BCUT2D eigenvalue weighted by molar-refractivity contribution is 0.475. The number of benzene rings is 1. The molecular weight excluding hydrogens is 281 g/mol. The topological polar surface area (TPSA) is 87.2 Å². The molecule has 0 aromatic heterocycles. The zero-order valence-electron chi connectivity index (χ0n) is 10.9. The van der Waals surface area contributed by atoms with Gasteiger partial charge in [0.05, 0.1) is 23.1 Å². The number of halogens is 1. The Morgan fingerprint density at radius 1 is 1.45 bits per heavy atom. The Labute approximate surface area is 117 Å². The molecule has 0 saturated carbocycles. The summed E-state index contributed by atoms with van der Waals surface area (Å²) in [5.74, 6) is 4.29. The number of sulfonamides is 1. The van der Waals surface area contributed by atoms with E-state index in [1.807, 2.05) is 6.07 Å². The van der Waals surface area contributed by atoms with Crippen LogP contribution in [0, 0.1) is 29.0 Å². The minimum atomic E-state index is -3.80. The van der Waals surface area contributed by atoms with Crippen molar-refractivity contribution >= 4 is 10.0 Å². The molecule has 0 spiro atoms. The van der Waals surface area contributed by atoms with Crippen molar-refractivity contribution in [1.29, 1.82) is 5.26 Å². The minimum absolute atomic E-state index is 0.0508. The van der Waals surface area contributed by atoms with Gasteiger partial charge in [0.25, 0.3) is 0 Å². The van der Waals surface area contributed by atoms with Crippen LogP contribution in [-0.2, 0) is 10.0 Å². The van der Waals surface area contributed by atoms with E-state index in [0.29, 0.717) is 0 Å². The second-order valence-electron chi connectivity index (χ2n) is 3.88. The smallest absolute Gasteiger partial charge is 0.242 e. The summed E-state index contributed by atoms with van der Waals surface area (Å²) in [6.07, 6.45) is 0.0677. The lowest BCUT2D eigenvalue weighted by Gasteiger charge is -2.15. The maximum atomic E-state index is 13.7. The summed E-state index contributed by atoms with van der Waals surface area (Å²) >= 11 is 0. The largest absolute Gasteiger partial charge is 0.320 e. The number of rotatable bonds is 4. The molecule has 20 heavy (non-hydrogen) atoms. The third kappa shape index (κ3) is 3.78. The van der Waals surface area contributed by atoms with Crippen LogP contribution in [0.2, 0.25) is 0 Å². The number of hydrogen-bond donors (Lipinski definition) is 1. The van der Waals surface area contributed by atoms with Gasteiger partial charge in [0.15, 0.2) is 0 Å². The Morgan fingerprint density at radius 2 is 2.15 bits per heavy atom. The Balaban J connectivity index is 3.09. The molecule has 0 bridgehead atoms. The molecule has 0 atom stereocenters. The Hall–Kier alpha value is -1.93. The molecule has 1 rings (SSSR count). The van der Waals surface area contributed by atoms with Gasteiger partial charge in [-0.1, -0.05) is 11.8 Å². The van der Waals surface area contributed by atoms with Crippen molar-refractivity contribution in [3.8, 4) is 17.9 Å². The molecule has 0 fully saturated rings. The second kappa shape index (κ2) is 7.01. The number of hydrogen-bond acceptors (Lipinski definition) is 4. The summed E-state index contributed by atoms with van der Waals surface area (Å²) in [5.41, 5.74) is 5.28. The maximum Gasteiger partial charge on any atom is 0.242 e. The molecular formula is C13H14FN3O2S. The van der Waals surface area contributed by atoms with E-state index in [4.69, 9.17) is 11.0 Å². The molecule has 0 heterocycles. The lowest BCUT2D eigenvalue weighted by Crippen LogP contribution is -2.27. The van der Waals surface area contributed by atoms with Crippen molar-refractivity contribution in [3.05, 3.63) is 29.6 Å². The van der Waals surface area contributed by atoms with Gasteiger partial charge in [0.2, 0.25) is 10.0 Å². The first-order valence-electron chi connectivity index (χ1n) is 5.75. The van der Waals surface area contributed by atoms with Crippen molar-refractivity contribution in [1.82, 2.24) is 4.31 Å². The van der Waals surface area contributed by atoms with Gasteiger partial charge in [-0.05, 0) is 18.2 Å². The predicted molar refractivity (Wildman–Crippen MR) is 72.4 cm³/mol. The van der Waals surface area contributed by atoms with Gasteiger partial charge in [0, 0.05) is 20.0 Å². The average molecular weight is 295 g/mol. The highest BCUT2D eigenvalue weighted by Gasteiger charge is 2.21. The molecule has 0 aliphatic heterocycles. The van der Waals surface area contributed by atoms with Crippen LogP contribution in [0.4, 0.5) is 4.39 Å². The first-order valence-corrected chi connectivity index (χ1v) is 7.19. The van der Waals surface area contributed by atoms with E-state index < -0.39 is 15.8 Å². The van der Waals surface area contributed by atoms with E-state index in [-0.39, 0.29) is 30.0 Å². The van der Waals surface area contributed by atoms with Crippen LogP contribution in [0.1, 0.15) is 12.0 Å². The highest BCUT2D eigenvalue weighted by Crippen LogP contribution is 2.18. The summed E-state index contributed by atoms with van der Waals surface area (Å²) in [6, 6.07) is 5.35. The van der Waals surface area contributed by atoms with Gasteiger partial charge in [0.1, 0.15) is 5.82 Å². The van der Waals surface area contributed by atoms with Crippen LogP contribution in [0.3, 0.4) is 0 Å². The fourth-order valence-corrected chi connectivity index (χ4v) is 2.60. The molecule has 2 N–H and O–H groups in total. The van der Waals surface area contributed by atoms with Gasteiger partial charge in [-0.3, -0.25) is 0 Å². The fraction of sp³-hybridized carbons (Fsp3) is 0.308. The van der Waals surface area contributed by atoms with E-state index in [9.17, 15) is 12.8 Å². The maximum absolute atomic E-state index is 13.7. The van der Waals surface area contributed by atoms with E-state index in [2.05, 4.69) is 11.8 Å². The third-order valence-electron chi connectivity index (χ3n) is 2.51. The predicted octanol–water partition coefficient (Wildman–Crippen LogP) is 0.670. The normalized spacial score (nSPS) is 10.8. The average Bonchev–Trinajstić information content (AvgIpc) is 2.43. The van der Waals surface area contributed by atoms with Crippen molar-refractivity contribution in [2.45, 2.75) is 11.3 Å². The lowest BCUT2D eigenvalue weighted by atomic mass is 10.2. The summed E-state index contributed by atoms with van der Waals surface area (Å²) in [6.45, 7) is 0.144. The van der Waals surface area contributed by atoms with Crippen LogP contribution in [0.15, 0.2) is 23.1 Å². The molecule has 1 aromatic carbocycles.